The molecule has 0 N–H and O–H groups in total. The maximum Gasteiger partial charge on any atom is 0.161 e. The van der Waals surface area contributed by atoms with Gasteiger partial charge in [-0.1, -0.05) is 36.4 Å². The lowest BCUT2D eigenvalue weighted by Gasteiger charge is -2.36. The summed E-state index contributed by atoms with van der Waals surface area (Å²) in [6, 6.07) is 19.3. The van der Waals surface area contributed by atoms with E-state index < -0.39 is 0 Å². The van der Waals surface area contributed by atoms with Crippen molar-refractivity contribution >= 4 is 11.5 Å². The van der Waals surface area contributed by atoms with Crippen LogP contribution < -0.4 is 9.80 Å². The molecule has 5 nitrogen and oxygen atoms in total. The van der Waals surface area contributed by atoms with Crippen LogP contribution in [0.25, 0.3) is 11.4 Å². The fourth-order valence-electron chi connectivity index (χ4n) is 4.29. The Morgan fingerprint density at radius 1 is 1.00 bits per heavy atom. The number of piperazine rings is 1. The second-order valence-electron chi connectivity index (χ2n) is 7.24. The maximum atomic E-state index is 13.6. The van der Waals surface area contributed by atoms with Crippen molar-refractivity contribution in [3.8, 4) is 17.5 Å². The van der Waals surface area contributed by atoms with Crippen molar-refractivity contribution in [2.24, 2.45) is 0 Å². The van der Waals surface area contributed by atoms with Gasteiger partial charge in [0, 0.05) is 30.4 Å². The second-order valence-corrected chi connectivity index (χ2v) is 7.24. The third kappa shape index (κ3) is 2.76. The van der Waals surface area contributed by atoms with Crippen molar-refractivity contribution in [2.75, 3.05) is 22.9 Å². The van der Waals surface area contributed by atoms with Gasteiger partial charge in [0.05, 0.1) is 12.2 Å². The first kappa shape index (κ1) is 16.7. The van der Waals surface area contributed by atoms with Crippen LogP contribution in [-0.4, -0.2) is 35.1 Å². The minimum atomic E-state index is -0.216. The fourth-order valence-corrected chi connectivity index (χ4v) is 4.29. The number of fused-ring (bicyclic) bond motifs is 2. The third-order valence-electron chi connectivity index (χ3n) is 5.57. The molecule has 2 aromatic carbocycles. The highest BCUT2D eigenvalue weighted by atomic mass is 19.1. The molecular formula is C22H18FN5. The molecule has 2 atom stereocenters. The number of benzene rings is 2. The van der Waals surface area contributed by atoms with Crippen molar-refractivity contribution in [3.05, 3.63) is 72.2 Å². The van der Waals surface area contributed by atoms with Gasteiger partial charge < -0.3 is 9.80 Å². The van der Waals surface area contributed by atoms with Gasteiger partial charge in [0.2, 0.25) is 0 Å². The molecule has 0 aliphatic carbocycles. The van der Waals surface area contributed by atoms with Crippen LogP contribution in [0.15, 0.2) is 60.8 Å². The van der Waals surface area contributed by atoms with Crippen LogP contribution in [0.1, 0.15) is 12.0 Å². The van der Waals surface area contributed by atoms with Crippen LogP contribution >= 0.6 is 0 Å². The summed E-state index contributed by atoms with van der Waals surface area (Å²) in [6.45, 7) is 1.56. The van der Waals surface area contributed by atoms with Crippen LogP contribution in [-0.2, 0) is 0 Å². The monoisotopic (exact) mass is 371 g/mol. The van der Waals surface area contributed by atoms with E-state index in [1.54, 1.807) is 18.3 Å². The van der Waals surface area contributed by atoms with Gasteiger partial charge in [0.1, 0.15) is 17.4 Å². The molecule has 2 aliphatic heterocycles. The first-order valence-corrected chi connectivity index (χ1v) is 9.34. The molecule has 0 amide bonds. The predicted octanol–water partition coefficient (Wildman–Crippen LogP) is 3.62. The average Bonchev–Trinajstić information content (AvgIpc) is 3.35. The van der Waals surface area contributed by atoms with Gasteiger partial charge in [0.15, 0.2) is 11.6 Å². The van der Waals surface area contributed by atoms with E-state index in [2.05, 4.69) is 20.9 Å². The Labute approximate surface area is 162 Å². The molecule has 3 heterocycles. The lowest BCUT2D eigenvalue weighted by atomic mass is 10.2. The Bertz CT molecular complexity index is 1060. The molecule has 5 rings (SSSR count). The Morgan fingerprint density at radius 3 is 2.50 bits per heavy atom. The van der Waals surface area contributed by atoms with E-state index >= 15 is 0 Å². The van der Waals surface area contributed by atoms with Crippen molar-refractivity contribution in [2.45, 2.75) is 18.5 Å². The number of halogens is 1. The van der Waals surface area contributed by atoms with E-state index in [1.807, 2.05) is 36.4 Å². The lowest BCUT2D eigenvalue weighted by Crippen LogP contribution is -2.47. The molecular weight excluding hydrogens is 353 g/mol. The summed E-state index contributed by atoms with van der Waals surface area (Å²) < 4.78 is 13.6. The number of aromatic nitrogens is 2. The van der Waals surface area contributed by atoms with E-state index in [9.17, 15) is 9.65 Å². The molecule has 138 valence electrons. The molecule has 2 fully saturated rings. The molecule has 2 bridgehead atoms. The van der Waals surface area contributed by atoms with Crippen LogP contribution in [0, 0.1) is 17.1 Å². The fraction of sp³-hybridized carbons (Fsp3) is 0.227. The van der Waals surface area contributed by atoms with Gasteiger partial charge in [0.25, 0.3) is 0 Å². The van der Waals surface area contributed by atoms with Crippen molar-refractivity contribution in [3.63, 3.8) is 0 Å². The smallest absolute Gasteiger partial charge is 0.161 e. The Kier molecular flexibility index (Phi) is 3.94. The molecule has 1 aromatic heterocycles. The summed E-state index contributed by atoms with van der Waals surface area (Å²) in [5, 5.41) is 9.56. The highest BCUT2D eigenvalue weighted by Crippen LogP contribution is 2.38. The first-order chi connectivity index (χ1) is 13.7. The first-order valence-electron chi connectivity index (χ1n) is 9.34. The number of hydrogen-bond donors (Lipinski definition) is 0. The van der Waals surface area contributed by atoms with Gasteiger partial charge >= 0.3 is 0 Å². The molecule has 2 saturated heterocycles. The van der Waals surface area contributed by atoms with E-state index in [1.165, 1.54) is 6.07 Å². The number of hydrogen-bond acceptors (Lipinski definition) is 5. The summed E-state index contributed by atoms with van der Waals surface area (Å²) in [4.78, 5) is 13.6. The summed E-state index contributed by atoms with van der Waals surface area (Å²) in [7, 11) is 0. The topological polar surface area (TPSA) is 56.1 Å². The second kappa shape index (κ2) is 6.61. The molecule has 0 saturated carbocycles. The highest BCUT2D eigenvalue weighted by Gasteiger charge is 2.44. The SMILES string of the molecule is N#Cc1cnc(-c2ccccc2)nc1N1C[C@@H]2C[C@H]1CN2c1cccc(F)c1. The number of rotatable bonds is 3. The molecule has 0 unspecified atom stereocenters. The van der Waals surface area contributed by atoms with Gasteiger partial charge in [-0.05, 0) is 24.6 Å². The Balaban J connectivity index is 1.45. The number of nitriles is 1. The van der Waals surface area contributed by atoms with Gasteiger partial charge in [-0.25, -0.2) is 14.4 Å². The predicted molar refractivity (Wildman–Crippen MR) is 105 cm³/mol. The van der Waals surface area contributed by atoms with Crippen LogP contribution in [0.5, 0.6) is 0 Å². The molecule has 28 heavy (non-hydrogen) atoms. The summed E-state index contributed by atoms with van der Waals surface area (Å²) in [5.74, 6) is 1.11. The van der Waals surface area contributed by atoms with E-state index in [0.717, 1.165) is 30.8 Å². The van der Waals surface area contributed by atoms with Crippen molar-refractivity contribution < 1.29 is 4.39 Å². The molecule has 6 heteroatoms. The maximum absolute atomic E-state index is 13.6. The van der Waals surface area contributed by atoms with Gasteiger partial charge in [-0.3, -0.25) is 0 Å². The van der Waals surface area contributed by atoms with Gasteiger partial charge in [-0.2, -0.15) is 5.26 Å². The summed E-state index contributed by atoms with van der Waals surface area (Å²) in [6.07, 6.45) is 2.59. The minimum absolute atomic E-state index is 0.216. The number of nitrogens with zero attached hydrogens (tertiary/aromatic N) is 5. The zero-order valence-electron chi connectivity index (χ0n) is 15.2. The Morgan fingerprint density at radius 2 is 1.79 bits per heavy atom. The van der Waals surface area contributed by atoms with Crippen molar-refractivity contribution in [1.29, 1.82) is 5.26 Å². The van der Waals surface area contributed by atoms with Crippen molar-refractivity contribution in [1.82, 2.24) is 9.97 Å². The quantitative estimate of drug-likeness (QED) is 0.704. The summed E-state index contributed by atoms with van der Waals surface area (Å²) >= 11 is 0. The van der Waals surface area contributed by atoms with Crippen LogP contribution in [0.4, 0.5) is 15.9 Å². The van der Waals surface area contributed by atoms with E-state index in [4.69, 9.17) is 4.98 Å². The largest absolute Gasteiger partial charge is 0.365 e. The minimum Gasteiger partial charge on any atom is -0.365 e. The number of anilines is 2. The standard InChI is InChI=1S/C22H18FN5/c23-17-7-4-8-18(9-17)27-13-20-10-19(27)14-28(20)22-16(11-24)12-25-21(26-22)15-5-2-1-3-6-15/h1-9,12,19-20H,10,13-14H2/t19-,20-/m0/s1. The molecule has 3 aromatic rings. The highest BCUT2D eigenvalue weighted by molar-refractivity contribution is 5.64. The third-order valence-corrected chi connectivity index (χ3v) is 5.57. The van der Waals surface area contributed by atoms with Crippen LogP contribution in [0.2, 0.25) is 0 Å². The van der Waals surface area contributed by atoms with Crippen LogP contribution in [0.3, 0.4) is 0 Å². The van der Waals surface area contributed by atoms with E-state index in [0.29, 0.717) is 17.2 Å². The Hall–Kier alpha value is -3.46. The zero-order chi connectivity index (χ0) is 19.1. The molecule has 0 spiro atoms. The van der Waals surface area contributed by atoms with Gasteiger partial charge in [-0.15, -0.1) is 0 Å². The normalized spacial score (nSPS) is 20.4. The summed E-state index contributed by atoms with van der Waals surface area (Å²) in [5.41, 5.74) is 2.34. The van der Waals surface area contributed by atoms with E-state index in [-0.39, 0.29) is 17.9 Å². The molecule has 2 aliphatic rings. The lowest BCUT2D eigenvalue weighted by molar-refractivity contribution is 0.617. The zero-order valence-corrected chi connectivity index (χ0v) is 15.2. The molecule has 0 radical (unpaired) electrons. The average molecular weight is 371 g/mol.